The molecule has 3 heterocycles. The first-order chi connectivity index (χ1) is 14.5. The summed E-state index contributed by atoms with van der Waals surface area (Å²) in [7, 11) is 0. The molecule has 2 fully saturated rings. The van der Waals surface area contributed by atoms with E-state index in [0.717, 1.165) is 35.3 Å². The quantitative estimate of drug-likeness (QED) is 0.672. The zero-order valence-corrected chi connectivity index (χ0v) is 18.9. The van der Waals surface area contributed by atoms with E-state index >= 15 is 0 Å². The van der Waals surface area contributed by atoms with Crippen LogP contribution in [-0.4, -0.2) is 54.3 Å². The summed E-state index contributed by atoms with van der Waals surface area (Å²) < 4.78 is 6.34. The Hall–Kier alpha value is -2.03. The minimum Gasteiger partial charge on any atom is -0.378 e. The number of likely N-dealkylation sites (tertiary alicyclic amines) is 1. The highest BCUT2D eigenvalue weighted by Gasteiger charge is 2.43. The number of ketones is 1. The first-order valence-corrected chi connectivity index (χ1v) is 11.6. The number of ether oxygens (including phenoxy) is 1. The van der Waals surface area contributed by atoms with Crippen molar-refractivity contribution >= 4 is 44.9 Å². The van der Waals surface area contributed by atoms with Gasteiger partial charge in [0, 0.05) is 38.1 Å². The van der Waals surface area contributed by atoms with Gasteiger partial charge in [-0.25, -0.2) is 0 Å². The molecule has 0 aliphatic carbocycles. The van der Waals surface area contributed by atoms with Gasteiger partial charge >= 0.3 is 0 Å². The van der Waals surface area contributed by atoms with Crippen molar-refractivity contribution in [2.45, 2.75) is 31.2 Å². The van der Waals surface area contributed by atoms with Crippen molar-refractivity contribution in [2.24, 2.45) is 0 Å². The number of nitrogens with one attached hydrogen (secondary N) is 1. The van der Waals surface area contributed by atoms with E-state index in [4.69, 9.17) is 4.74 Å². The van der Waals surface area contributed by atoms with Crippen molar-refractivity contribution in [1.82, 2.24) is 10.2 Å². The summed E-state index contributed by atoms with van der Waals surface area (Å²) in [5.74, 6) is -0.306. The van der Waals surface area contributed by atoms with E-state index in [0.29, 0.717) is 23.5 Å². The number of nitrogens with zero attached hydrogens (tertiary/aromatic N) is 1. The number of benzene rings is 1. The van der Waals surface area contributed by atoms with Crippen LogP contribution in [0.4, 0.5) is 0 Å². The molecule has 1 aromatic heterocycles. The van der Waals surface area contributed by atoms with Crippen LogP contribution in [0.1, 0.15) is 44.9 Å². The third-order valence-electron chi connectivity index (χ3n) is 5.66. The lowest BCUT2D eigenvalue weighted by atomic mass is 9.88. The van der Waals surface area contributed by atoms with Gasteiger partial charge in [-0.2, -0.15) is 0 Å². The van der Waals surface area contributed by atoms with Crippen LogP contribution < -0.4 is 5.32 Å². The van der Waals surface area contributed by atoms with Gasteiger partial charge in [-0.1, -0.05) is 12.1 Å². The molecule has 2 aromatic rings. The van der Waals surface area contributed by atoms with Crippen LogP contribution in [0.2, 0.25) is 0 Å². The van der Waals surface area contributed by atoms with Crippen molar-refractivity contribution < 1.29 is 19.1 Å². The molecule has 4 rings (SSSR count). The average Bonchev–Trinajstić information content (AvgIpc) is 3.50. The zero-order chi connectivity index (χ0) is 21.1. The van der Waals surface area contributed by atoms with Crippen LogP contribution in [-0.2, 0) is 16.0 Å². The Morgan fingerprint density at radius 3 is 2.43 bits per heavy atom. The minimum absolute atomic E-state index is 0.0420. The molecule has 158 valence electrons. The molecule has 30 heavy (non-hydrogen) atoms. The molecule has 0 unspecified atom stereocenters. The molecule has 2 aliphatic rings. The van der Waals surface area contributed by atoms with Crippen LogP contribution in [0.15, 0.2) is 40.2 Å². The number of hydrogen-bond acceptors (Lipinski definition) is 5. The monoisotopic (exact) mass is 490 g/mol. The number of hydrogen-bond donors (Lipinski definition) is 1. The van der Waals surface area contributed by atoms with Gasteiger partial charge in [0.15, 0.2) is 5.78 Å². The van der Waals surface area contributed by atoms with Crippen molar-refractivity contribution in [3.05, 3.63) is 56.2 Å². The van der Waals surface area contributed by atoms with E-state index in [1.165, 1.54) is 11.3 Å². The molecular weight excluding hydrogens is 468 g/mol. The predicted octanol–water partition coefficient (Wildman–Crippen LogP) is 3.45. The van der Waals surface area contributed by atoms with Crippen LogP contribution >= 0.6 is 27.3 Å². The van der Waals surface area contributed by atoms with Crippen molar-refractivity contribution in [3.63, 3.8) is 0 Å². The lowest BCUT2D eigenvalue weighted by molar-refractivity contribution is -0.124. The number of carbonyl (C=O) groups is 3. The third-order valence-corrected chi connectivity index (χ3v) is 7.29. The summed E-state index contributed by atoms with van der Waals surface area (Å²) in [5.41, 5.74) is 0.443. The molecule has 0 saturated carbocycles. The van der Waals surface area contributed by atoms with Crippen LogP contribution in [0, 0.1) is 0 Å². The summed E-state index contributed by atoms with van der Waals surface area (Å²) in [6.07, 6.45) is 2.73. The Kier molecular flexibility index (Phi) is 6.36. The first kappa shape index (κ1) is 21.2. The maximum Gasteiger partial charge on any atom is 0.262 e. The lowest BCUT2D eigenvalue weighted by Gasteiger charge is -2.27. The van der Waals surface area contributed by atoms with Gasteiger partial charge in [0.1, 0.15) is 5.54 Å². The van der Waals surface area contributed by atoms with Crippen LogP contribution in [0.5, 0.6) is 0 Å². The first-order valence-electron chi connectivity index (χ1n) is 10.0. The number of Topliss-reactive ketones (excluding diaryl/α,β-unsaturated/α-hetero) is 1. The number of halogens is 1. The molecular formula is C22H23BrN2O4S. The molecule has 2 amide bonds. The van der Waals surface area contributed by atoms with E-state index < -0.39 is 5.54 Å². The molecule has 1 aromatic carbocycles. The van der Waals surface area contributed by atoms with E-state index in [1.807, 2.05) is 23.1 Å². The smallest absolute Gasteiger partial charge is 0.262 e. The zero-order valence-electron chi connectivity index (χ0n) is 16.5. The number of carbonyl (C=O) groups excluding carboxylic acids is 3. The summed E-state index contributed by atoms with van der Waals surface area (Å²) in [4.78, 5) is 40.7. The Bertz CT molecular complexity index is 944. The van der Waals surface area contributed by atoms with Crippen molar-refractivity contribution in [3.8, 4) is 0 Å². The molecule has 2 aliphatic heterocycles. The van der Waals surface area contributed by atoms with E-state index in [1.54, 1.807) is 18.2 Å². The van der Waals surface area contributed by atoms with Crippen LogP contribution in [0.25, 0.3) is 0 Å². The second kappa shape index (κ2) is 8.99. The van der Waals surface area contributed by atoms with Gasteiger partial charge < -0.3 is 15.0 Å². The Labute approximate surface area is 187 Å². The highest BCUT2D eigenvalue weighted by molar-refractivity contribution is 9.11. The third kappa shape index (κ3) is 4.50. The van der Waals surface area contributed by atoms with Crippen molar-refractivity contribution in [2.75, 3.05) is 26.3 Å². The number of thiophene rings is 1. The van der Waals surface area contributed by atoms with E-state index in [9.17, 15) is 14.4 Å². The lowest BCUT2D eigenvalue weighted by Crippen LogP contribution is -2.55. The highest BCUT2D eigenvalue weighted by atomic mass is 79.9. The topological polar surface area (TPSA) is 75.7 Å². The minimum atomic E-state index is -1.02. The second-order valence-electron chi connectivity index (χ2n) is 7.74. The van der Waals surface area contributed by atoms with Crippen molar-refractivity contribution in [1.29, 1.82) is 0 Å². The Morgan fingerprint density at radius 1 is 1.10 bits per heavy atom. The summed E-state index contributed by atoms with van der Waals surface area (Å²) in [6, 6.07) is 10.7. The molecule has 0 bridgehead atoms. The highest BCUT2D eigenvalue weighted by Crippen LogP contribution is 2.26. The van der Waals surface area contributed by atoms with Gasteiger partial charge in [0.05, 0.1) is 15.3 Å². The van der Waals surface area contributed by atoms with Gasteiger partial charge in [0.2, 0.25) is 0 Å². The Morgan fingerprint density at radius 2 is 1.83 bits per heavy atom. The normalized spacial score (nSPS) is 21.0. The standard InChI is InChI=1S/C22H23BrN2O4S/c23-19-8-7-17(30-19)20(27)24-22(9-12-29-14-22)18(26)13-15-3-5-16(6-4-15)21(28)25-10-1-2-11-25/h3-8H,1-2,9-14H2,(H,24,27)/t22-/m0/s1. The molecule has 2 saturated heterocycles. The fraction of sp³-hybridized carbons (Fsp3) is 0.409. The molecule has 1 atom stereocenters. The van der Waals surface area contributed by atoms with E-state index in [2.05, 4.69) is 21.2 Å². The number of amides is 2. The summed E-state index contributed by atoms with van der Waals surface area (Å²) >= 11 is 4.68. The second-order valence-corrected chi connectivity index (χ2v) is 10.2. The van der Waals surface area contributed by atoms with Gasteiger partial charge in [-0.05, 0) is 58.6 Å². The average molecular weight is 491 g/mol. The molecule has 1 N–H and O–H groups in total. The summed E-state index contributed by atoms with van der Waals surface area (Å²) in [6.45, 7) is 2.23. The molecule has 6 nitrogen and oxygen atoms in total. The SMILES string of the molecule is O=C(N[C@@]1(C(=O)Cc2ccc(C(=O)N3CCCC3)cc2)CCOC1)c1ccc(Br)s1. The molecule has 8 heteroatoms. The van der Waals surface area contributed by atoms with Gasteiger partial charge in [-0.3, -0.25) is 14.4 Å². The molecule has 0 radical (unpaired) electrons. The molecule has 0 spiro atoms. The maximum atomic E-state index is 13.2. The Balaban J connectivity index is 1.44. The maximum absolute atomic E-state index is 13.2. The fourth-order valence-electron chi connectivity index (χ4n) is 3.89. The predicted molar refractivity (Wildman–Crippen MR) is 118 cm³/mol. The number of rotatable bonds is 6. The van der Waals surface area contributed by atoms with Gasteiger partial charge in [0.25, 0.3) is 11.8 Å². The fourth-order valence-corrected chi connectivity index (χ4v) is 5.17. The van der Waals surface area contributed by atoms with Gasteiger partial charge in [-0.15, -0.1) is 11.3 Å². The largest absolute Gasteiger partial charge is 0.378 e. The van der Waals surface area contributed by atoms with Crippen LogP contribution in [0.3, 0.4) is 0 Å². The summed E-state index contributed by atoms with van der Waals surface area (Å²) in [5, 5.41) is 2.92. The van der Waals surface area contributed by atoms with E-state index in [-0.39, 0.29) is 30.6 Å².